The third kappa shape index (κ3) is 4.49. The normalized spacial score (nSPS) is 15.9. The molecule has 2 aromatic heterocycles. The lowest BCUT2D eigenvalue weighted by Crippen LogP contribution is -2.36. The average molecular weight is 355 g/mol. The summed E-state index contributed by atoms with van der Waals surface area (Å²) in [6, 6.07) is 8.09. The minimum Gasteiger partial charge on any atom is -0.336 e. The first kappa shape index (κ1) is 18.6. The first-order valence-electron chi connectivity index (χ1n) is 9.55. The lowest BCUT2D eigenvalue weighted by Gasteiger charge is -2.22. The summed E-state index contributed by atoms with van der Waals surface area (Å²) in [5.41, 5.74) is 3.82. The molecule has 1 fully saturated rings. The maximum Gasteiger partial charge on any atom is 0.272 e. The molecule has 2 aromatic rings. The molecular formula is C20H29N5O. The van der Waals surface area contributed by atoms with Crippen molar-refractivity contribution in [1.29, 1.82) is 0 Å². The second kappa shape index (κ2) is 8.45. The molecule has 0 saturated carbocycles. The molecule has 0 aromatic carbocycles. The average Bonchev–Trinajstić information content (AvgIpc) is 2.86. The lowest BCUT2D eigenvalue weighted by molar-refractivity contribution is 0.0749. The van der Waals surface area contributed by atoms with E-state index in [0.717, 1.165) is 69.2 Å². The van der Waals surface area contributed by atoms with Crippen molar-refractivity contribution < 1.29 is 4.79 Å². The Bertz CT molecular complexity index is 754. The number of carbonyl (C=O) groups is 1. The van der Waals surface area contributed by atoms with Crippen LogP contribution in [0.25, 0.3) is 0 Å². The van der Waals surface area contributed by atoms with Gasteiger partial charge in [0.15, 0.2) is 0 Å². The van der Waals surface area contributed by atoms with Gasteiger partial charge in [0.05, 0.1) is 5.69 Å². The van der Waals surface area contributed by atoms with Crippen molar-refractivity contribution in [1.82, 2.24) is 24.6 Å². The van der Waals surface area contributed by atoms with E-state index in [-0.39, 0.29) is 5.91 Å². The molecule has 1 aliphatic heterocycles. The van der Waals surface area contributed by atoms with Crippen molar-refractivity contribution in [3.63, 3.8) is 0 Å². The standard InChI is InChI=1S/C20H29N5O/c1-4-25-19(15-17(3)22-25)20(26)24-11-6-10-23(13-14-24)12-9-18-8-5-7-16(2)21-18/h5,7-8,15H,4,6,9-14H2,1-3H3. The number of pyridine rings is 1. The molecular weight excluding hydrogens is 326 g/mol. The SMILES string of the molecule is CCn1nc(C)cc1C(=O)N1CCCN(CCc2cccc(C)n2)CC1. The number of hydrogen-bond acceptors (Lipinski definition) is 4. The zero-order chi connectivity index (χ0) is 18.5. The van der Waals surface area contributed by atoms with Gasteiger partial charge >= 0.3 is 0 Å². The molecule has 0 unspecified atom stereocenters. The Balaban J connectivity index is 1.56. The van der Waals surface area contributed by atoms with Crippen LogP contribution >= 0.6 is 0 Å². The maximum absolute atomic E-state index is 12.9. The van der Waals surface area contributed by atoms with E-state index in [4.69, 9.17) is 0 Å². The van der Waals surface area contributed by atoms with Gasteiger partial charge in [-0.1, -0.05) is 6.07 Å². The highest BCUT2D eigenvalue weighted by molar-refractivity contribution is 5.92. The van der Waals surface area contributed by atoms with Gasteiger partial charge in [0.1, 0.15) is 5.69 Å². The molecule has 0 N–H and O–H groups in total. The van der Waals surface area contributed by atoms with E-state index in [2.05, 4.69) is 27.1 Å². The van der Waals surface area contributed by atoms with Crippen LogP contribution in [0, 0.1) is 13.8 Å². The summed E-state index contributed by atoms with van der Waals surface area (Å²) in [6.07, 6.45) is 1.96. The Morgan fingerprint density at radius 1 is 1.12 bits per heavy atom. The number of aryl methyl sites for hydroxylation is 3. The van der Waals surface area contributed by atoms with E-state index in [1.54, 1.807) is 0 Å². The third-order valence-corrected chi connectivity index (χ3v) is 4.93. The van der Waals surface area contributed by atoms with Crippen LogP contribution in [0.15, 0.2) is 24.3 Å². The van der Waals surface area contributed by atoms with Gasteiger partial charge in [-0.15, -0.1) is 0 Å². The molecule has 0 radical (unpaired) electrons. The van der Waals surface area contributed by atoms with E-state index in [1.165, 1.54) is 0 Å². The van der Waals surface area contributed by atoms with Crippen LogP contribution in [0.3, 0.4) is 0 Å². The molecule has 3 rings (SSSR count). The number of hydrogen-bond donors (Lipinski definition) is 0. The van der Waals surface area contributed by atoms with Gasteiger partial charge < -0.3 is 9.80 Å². The molecule has 1 saturated heterocycles. The molecule has 0 bridgehead atoms. The minimum atomic E-state index is 0.106. The van der Waals surface area contributed by atoms with Crippen LogP contribution in [-0.2, 0) is 13.0 Å². The first-order valence-corrected chi connectivity index (χ1v) is 9.55. The molecule has 6 heteroatoms. The van der Waals surface area contributed by atoms with Gasteiger partial charge in [-0.2, -0.15) is 5.10 Å². The summed E-state index contributed by atoms with van der Waals surface area (Å²) in [5, 5.41) is 4.41. The van der Waals surface area contributed by atoms with E-state index >= 15 is 0 Å². The number of nitrogens with zero attached hydrogens (tertiary/aromatic N) is 5. The summed E-state index contributed by atoms with van der Waals surface area (Å²) in [5.74, 6) is 0.106. The predicted octanol–water partition coefficient (Wildman–Crippen LogP) is 2.31. The number of amides is 1. The van der Waals surface area contributed by atoms with Crippen LogP contribution in [0.2, 0.25) is 0 Å². The van der Waals surface area contributed by atoms with Gasteiger partial charge in [-0.3, -0.25) is 14.5 Å². The zero-order valence-electron chi connectivity index (χ0n) is 16.1. The van der Waals surface area contributed by atoms with Gasteiger partial charge in [0.25, 0.3) is 5.91 Å². The molecule has 3 heterocycles. The highest BCUT2D eigenvalue weighted by atomic mass is 16.2. The Morgan fingerprint density at radius 2 is 1.96 bits per heavy atom. The van der Waals surface area contributed by atoms with Gasteiger partial charge in [-0.25, -0.2) is 0 Å². The Labute approximate surface area is 155 Å². The molecule has 140 valence electrons. The largest absolute Gasteiger partial charge is 0.336 e. The van der Waals surface area contributed by atoms with Crippen molar-refractivity contribution in [2.75, 3.05) is 32.7 Å². The second-order valence-electron chi connectivity index (χ2n) is 6.99. The van der Waals surface area contributed by atoms with Gasteiger partial charge in [-0.05, 0) is 51.9 Å². The zero-order valence-corrected chi connectivity index (χ0v) is 16.1. The second-order valence-corrected chi connectivity index (χ2v) is 6.99. The lowest BCUT2D eigenvalue weighted by atomic mass is 10.2. The smallest absolute Gasteiger partial charge is 0.272 e. The van der Waals surface area contributed by atoms with Crippen molar-refractivity contribution in [3.8, 4) is 0 Å². The fourth-order valence-electron chi connectivity index (χ4n) is 3.53. The van der Waals surface area contributed by atoms with Crippen LogP contribution < -0.4 is 0 Å². The molecule has 0 spiro atoms. The summed E-state index contributed by atoms with van der Waals surface area (Å²) in [6.45, 7) is 11.2. The number of aromatic nitrogens is 3. The molecule has 0 atom stereocenters. The fourth-order valence-corrected chi connectivity index (χ4v) is 3.53. The molecule has 26 heavy (non-hydrogen) atoms. The summed E-state index contributed by atoms with van der Waals surface area (Å²) >= 11 is 0. The highest BCUT2D eigenvalue weighted by Gasteiger charge is 2.23. The Morgan fingerprint density at radius 3 is 2.73 bits per heavy atom. The monoisotopic (exact) mass is 355 g/mol. The van der Waals surface area contributed by atoms with Crippen LogP contribution in [0.1, 0.15) is 40.9 Å². The van der Waals surface area contributed by atoms with E-state index in [1.807, 2.05) is 42.5 Å². The fraction of sp³-hybridized carbons (Fsp3) is 0.550. The Hall–Kier alpha value is -2.21. The quantitative estimate of drug-likeness (QED) is 0.826. The summed E-state index contributed by atoms with van der Waals surface area (Å²) < 4.78 is 1.81. The van der Waals surface area contributed by atoms with E-state index < -0.39 is 0 Å². The van der Waals surface area contributed by atoms with Crippen molar-refractivity contribution in [3.05, 3.63) is 47.0 Å². The van der Waals surface area contributed by atoms with Crippen LogP contribution in [0.4, 0.5) is 0 Å². The van der Waals surface area contributed by atoms with Gasteiger partial charge in [0, 0.05) is 50.5 Å². The van der Waals surface area contributed by atoms with E-state index in [9.17, 15) is 4.79 Å². The topological polar surface area (TPSA) is 54.3 Å². The number of carbonyl (C=O) groups excluding carboxylic acids is 1. The number of rotatable bonds is 5. The van der Waals surface area contributed by atoms with Crippen molar-refractivity contribution >= 4 is 5.91 Å². The highest BCUT2D eigenvalue weighted by Crippen LogP contribution is 2.12. The molecule has 1 amide bonds. The first-order chi connectivity index (χ1) is 12.6. The molecule has 0 aliphatic carbocycles. The van der Waals surface area contributed by atoms with Crippen molar-refractivity contribution in [2.45, 2.75) is 40.2 Å². The third-order valence-electron chi connectivity index (χ3n) is 4.93. The summed E-state index contributed by atoms with van der Waals surface area (Å²) in [7, 11) is 0. The van der Waals surface area contributed by atoms with E-state index in [0.29, 0.717) is 5.69 Å². The van der Waals surface area contributed by atoms with Crippen LogP contribution in [-0.4, -0.2) is 63.2 Å². The minimum absolute atomic E-state index is 0.106. The van der Waals surface area contributed by atoms with Crippen molar-refractivity contribution in [2.24, 2.45) is 0 Å². The Kier molecular flexibility index (Phi) is 6.04. The molecule has 6 nitrogen and oxygen atoms in total. The maximum atomic E-state index is 12.9. The summed E-state index contributed by atoms with van der Waals surface area (Å²) in [4.78, 5) is 21.9. The predicted molar refractivity (Wildman–Crippen MR) is 102 cm³/mol. The molecule has 1 aliphatic rings. The van der Waals surface area contributed by atoms with Gasteiger partial charge in [0.2, 0.25) is 0 Å². The van der Waals surface area contributed by atoms with Crippen LogP contribution in [0.5, 0.6) is 0 Å².